The van der Waals surface area contributed by atoms with Crippen molar-refractivity contribution in [3.05, 3.63) is 64.9 Å². The van der Waals surface area contributed by atoms with Gasteiger partial charge >= 0.3 is 0 Å². The van der Waals surface area contributed by atoms with E-state index in [2.05, 4.69) is 17.9 Å². The first kappa shape index (κ1) is 21.2. The fourth-order valence-corrected chi connectivity index (χ4v) is 4.52. The second-order valence-electron chi connectivity index (χ2n) is 8.56. The molecule has 2 aliphatic rings. The fraction of sp³-hybridized carbons (Fsp3) is 0.385. The predicted molar refractivity (Wildman–Crippen MR) is 123 cm³/mol. The Hall–Kier alpha value is -3.08. The lowest BCUT2D eigenvalue weighted by Gasteiger charge is -2.33. The van der Waals surface area contributed by atoms with Crippen molar-refractivity contribution in [2.75, 3.05) is 24.6 Å². The zero-order valence-electron chi connectivity index (χ0n) is 18.8. The molecule has 2 aliphatic heterocycles. The molecule has 162 valence electrons. The summed E-state index contributed by atoms with van der Waals surface area (Å²) in [6.45, 7) is 10.2. The van der Waals surface area contributed by atoms with Crippen LogP contribution in [0.2, 0.25) is 0 Å². The largest absolute Gasteiger partial charge is 0.492 e. The van der Waals surface area contributed by atoms with Crippen LogP contribution in [-0.4, -0.2) is 36.4 Å². The summed E-state index contributed by atoms with van der Waals surface area (Å²) in [4.78, 5) is 31.0. The van der Waals surface area contributed by atoms with Crippen LogP contribution in [0, 0.1) is 19.8 Å². The van der Waals surface area contributed by atoms with Gasteiger partial charge in [0.15, 0.2) is 0 Å². The molecule has 2 amide bonds. The number of imide groups is 1. The third kappa shape index (κ3) is 3.85. The average Bonchev–Trinajstić information content (AvgIpc) is 3.00. The number of para-hydroxylation sites is 2. The van der Waals surface area contributed by atoms with E-state index < -0.39 is 0 Å². The molecule has 0 unspecified atom stereocenters. The Labute approximate surface area is 184 Å². The molecular weight excluding hydrogens is 388 g/mol. The Morgan fingerprint density at radius 1 is 1.00 bits per heavy atom. The van der Waals surface area contributed by atoms with Crippen molar-refractivity contribution in [2.45, 2.75) is 40.5 Å². The van der Waals surface area contributed by atoms with Crippen molar-refractivity contribution < 1.29 is 14.3 Å². The summed E-state index contributed by atoms with van der Waals surface area (Å²) in [5.74, 6) is 0.628. The number of likely N-dealkylation sites (tertiary alicyclic amines) is 1. The standard InChI is InChI=1S/C26H30N2O3/c1-5-31-22-9-7-6-8-21(22)28-25(29)23(20-11-10-18(3)16-19(20)4)24(26(28)30)27-14-12-17(2)13-15-27/h6-11,16-17H,5,12-15H2,1-4H3. The molecule has 0 atom stereocenters. The quantitative estimate of drug-likeness (QED) is 0.660. The van der Waals surface area contributed by atoms with Gasteiger partial charge in [0.25, 0.3) is 11.8 Å². The Balaban J connectivity index is 1.85. The average molecular weight is 419 g/mol. The van der Waals surface area contributed by atoms with Crippen molar-refractivity contribution >= 4 is 23.1 Å². The van der Waals surface area contributed by atoms with Gasteiger partial charge in [-0.1, -0.05) is 42.8 Å². The van der Waals surface area contributed by atoms with E-state index in [0.717, 1.165) is 42.6 Å². The number of piperidine rings is 1. The van der Waals surface area contributed by atoms with Crippen molar-refractivity contribution in [3.8, 4) is 5.75 Å². The molecule has 0 bridgehead atoms. The maximum absolute atomic E-state index is 13.8. The molecule has 2 heterocycles. The normalized spacial score (nSPS) is 17.7. The molecule has 0 aliphatic carbocycles. The van der Waals surface area contributed by atoms with Crippen LogP contribution in [0.4, 0.5) is 5.69 Å². The number of ether oxygens (including phenoxy) is 1. The lowest BCUT2D eigenvalue weighted by atomic mass is 9.95. The van der Waals surface area contributed by atoms with Crippen LogP contribution in [0.25, 0.3) is 5.57 Å². The van der Waals surface area contributed by atoms with Crippen LogP contribution in [0.15, 0.2) is 48.2 Å². The molecule has 31 heavy (non-hydrogen) atoms. The van der Waals surface area contributed by atoms with Crippen LogP contribution in [0.5, 0.6) is 5.75 Å². The summed E-state index contributed by atoms with van der Waals surface area (Å²) in [6, 6.07) is 13.3. The maximum atomic E-state index is 13.8. The van der Waals surface area contributed by atoms with Crippen molar-refractivity contribution in [1.29, 1.82) is 0 Å². The zero-order chi connectivity index (χ0) is 22.1. The number of carbonyl (C=O) groups is 2. The van der Waals surface area contributed by atoms with E-state index >= 15 is 0 Å². The van der Waals surface area contributed by atoms with Crippen LogP contribution in [0.3, 0.4) is 0 Å². The van der Waals surface area contributed by atoms with Gasteiger partial charge in [-0.25, -0.2) is 4.90 Å². The summed E-state index contributed by atoms with van der Waals surface area (Å²) < 4.78 is 5.74. The van der Waals surface area contributed by atoms with Gasteiger partial charge < -0.3 is 9.64 Å². The molecule has 5 nitrogen and oxygen atoms in total. The molecule has 1 fully saturated rings. The van der Waals surface area contributed by atoms with Crippen LogP contribution in [0.1, 0.15) is 43.4 Å². The number of aryl methyl sites for hydroxylation is 2. The summed E-state index contributed by atoms with van der Waals surface area (Å²) in [7, 11) is 0. The maximum Gasteiger partial charge on any atom is 0.282 e. The molecule has 2 aromatic carbocycles. The number of hydrogen-bond acceptors (Lipinski definition) is 4. The molecule has 0 radical (unpaired) electrons. The molecular formula is C26H30N2O3. The molecule has 0 spiro atoms. The van der Waals surface area contributed by atoms with Gasteiger partial charge in [0.1, 0.15) is 11.4 Å². The first-order chi connectivity index (χ1) is 14.9. The van der Waals surface area contributed by atoms with Crippen molar-refractivity contribution in [1.82, 2.24) is 4.90 Å². The lowest BCUT2D eigenvalue weighted by molar-refractivity contribution is -0.120. The molecule has 4 rings (SSSR count). The van der Waals surface area contributed by atoms with E-state index in [-0.39, 0.29) is 11.8 Å². The highest BCUT2D eigenvalue weighted by atomic mass is 16.5. The van der Waals surface area contributed by atoms with Gasteiger partial charge in [-0.15, -0.1) is 0 Å². The summed E-state index contributed by atoms with van der Waals surface area (Å²) >= 11 is 0. The molecule has 0 saturated carbocycles. The number of hydrogen-bond donors (Lipinski definition) is 0. The van der Waals surface area contributed by atoms with Crippen LogP contribution >= 0.6 is 0 Å². The van der Waals surface area contributed by atoms with E-state index in [1.165, 1.54) is 4.90 Å². The van der Waals surface area contributed by atoms with E-state index in [0.29, 0.717) is 35.2 Å². The number of amides is 2. The topological polar surface area (TPSA) is 49.9 Å². The highest BCUT2D eigenvalue weighted by molar-refractivity contribution is 6.45. The second-order valence-corrected chi connectivity index (χ2v) is 8.56. The van der Waals surface area contributed by atoms with E-state index in [4.69, 9.17) is 4.74 Å². The molecule has 0 aromatic heterocycles. The van der Waals surface area contributed by atoms with Gasteiger partial charge in [0.2, 0.25) is 0 Å². The minimum atomic E-state index is -0.280. The highest BCUT2D eigenvalue weighted by Crippen LogP contribution is 2.40. The summed E-state index contributed by atoms with van der Waals surface area (Å²) in [6.07, 6.45) is 2.03. The van der Waals surface area contributed by atoms with Gasteiger partial charge in [-0.05, 0) is 62.8 Å². The Morgan fingerprint density at radius 3 is 2.39 bits per heavy atom. The monoisotopic (exact) mass is 418 g/mol. The minimum absolute atomic E-state index is 0.262. The van der Waals surface area contributed by atoms with Crippen LogP contribution < -0.4 is 9.64 Å². The Bertz CT molecular complexity index is 1050. The van der Waals surface area contributed by atoms with Gasteiger partial charge in [-0.2, -0.15) is 0 Å². The highest BCUT2D eigenvalue weighted by Gasteiger charge is 2.44. The third-order valence-corrected chi connectivity index (χ3v) is 6.22. The minimum Gasteiger partial charge on any atom is -0.492 e. The van der Waals surface area contributed by atoms with E-state index in [9.17, 15) is 9.59 Å². The van der Waals surface area contributed by atoms with Gasteiger partial charge in [-0.3, -0.25) is 9.59 Å². The second kappa shape index (κ2) is 8.58. The number of nitrogens with zero attached hydrogens (tertiary/aromatic N) is 2. The van der Waals surface area contributed by atoms with Crippen LogP contribution in [-0.2, 0) is 9.59 Å². The summed E-state index contributed by atoms with van der Waals surface area (Å²) in [5, 5.41) is 0. The molecule has 1 saturated heterocycles. The smallest absolute Gasteiger partial charge is 0.282 e. The Kier molecular flexibility index (Phi) is 5.86. The molecule has 5 heteroatoms. The van der Waals surface area contributed by atoms with Crippen molar-refractivity contribution in [2.24, 2.45) is 5.92 Å². The number of carbonyl (C=O) groups excluding carboxylic acids is 2. The number of anilines is 1. The van der Waals surface area contributed by atoms with E-state index in [1.807, 2.05) is 45.0 Å². The SMILES string of the molecule is CCOc1ccccc1N1C(=O)C(c2ccc(C)cc2C)=C(N2CCC(C)CC2)C1=O. The van der Waals surface area contributed by atoms with Crippen molar-refractivity contribution in [3.63, 3.8) is 0 Å². The number of rotatable bonds is 5. The lowest BCUT2D eigenvalue weighted by Crippen LogP contribution is -2.38. The molecule has 0 N–H and O–H groups in total. The van der Waals surface area contributed by atoms with Gasteiger partial charge in [0, 0.05) is 13.1 Å². The predicted octanol–water partition coefficient (Wildman–Crippen LogP) is 4.72. The third-order valence-electron chi connectivity index (χ3n) is 6.22. The first-order valence-corrected chi connectivity index (χ1v) is 11.1. The Morgan fingerprint density at radius 2 is 1.71 bits per heavy atom. The van der Waals surface area contributed by atoms with Gasteiger partial charge in [0.05, 0.1) is 17.9 Å². The zero-order valence-corrected chi connectivity index (χ0v) is 18.8. The first-order valence-electron chi connectivity index (χ1n) is 11.1. The fourth-order valence-electron chi connectivity index (χ4n) is 4.52. The molecule has 2 aromatic rings. The number of benzene rings is 2. The van der Waals surface area contributed by atoms with E-state index in [1.54, 1.807) is 12.1 Å². The summed E-state index contributed by atoms with van der Waals surface area (Å²) in [5.41, 5.74) is 4.49.